The number of amides is 2. The molecule has 0 aliphatic carbocycles. The van der Waals surface area contributed by atoms with Crippen LogP contribution in [0.2, 0.25) is 0 Å². The monoisotopic (exact) mass is 291 g/mol. The Morgan fingerprint density at radius 1 is 1.38 bits per heavy atom. The number of rotatable bonds is 6. The summed E-state index contributed by atoms with van der Waals surface area (Å²) in [6, 6.07) is 4.83. The minimum absolute atomic E-state index is 0.0975. The lowest BCUT2D eigenvalue weighted by molar-refractivity contribution is 0.216. The normalized spacial score (nSPS) is 13.9. The molecule has 0 aliphatic rings. The Bertz CT molecular complexity index is 598. The van der Waals surface area contributed by atoms with Crippen LogP contribution in [0.3, 0.4) is 0 Å². The molecule has 0 saturated heterocycles. The summed E-state index contributed by atoms with van der Waals surface area (Å²) >= 11 is 0. The molecule has 0 fully saturated rings. The number of aromatic nitrogens is 3. The van der Waals surface area contributed by atoms with Crippen molar-refractivity contribution in [2.24, 2.45) is 0 Å². The molecule has 0 bridgehead atoms. The SMILES string of the molecule is CCCC(NC(=O)N[C@@H](C)CO)c1nnc2ccccn12. The zero-order chi connectivity index (χ0) is 15.2. The van der Waals surface area contributed by atoms with Crippen molar-refractivity contribution in [1.29, 1.82) is 0 Å². The fourth-order valence-electron chi connectivity index (χ4n) is 2.12. The second-order valence-electron chi connectivity index (χ2n) is 5.03. The second-order valence-corrected chi connectivity index (χ2v) is 5.03. The number of fused-ring (bicyclic) bond motifs is 1. The maximum Gasteiger partial charge on any atom is 0.315 e. The quantitative estimate of drug-likeness (QED) is 0.747. The molecule has 0 spiro atoms. The van der Waals surface area contributed by atoms with Crippen molar-refractivity contribution in [3.8, 4) is 0 Å². The Hall–Kier alpha value is -2.15. The van der Waals surface area contributed by atoms with Gasteiger partial charge in [-0.05, 0) is 25.5 Å². The topological polar surface area (TPSA) is 91.5 Å². The minimum atomic E-state index is -0.317. The summed E-state index contributed by atoms with van der Waals surface area (Å²) in [6.45, 7) is 3.69. The van der Waals surface area contributed by atoms with Crippen LogP contribution in [0.15, 0.2) is 24.4 Å². The van der Waals surface area contributed by atoms with Gasteiger partial charge in [-0.2, -0.15) is 0 Å². The molecule has 2 heterocycles. The third kappa shape index (κ3) is 3.69. The van der Waals surface area contributed by atoms with Gasteiger partial charge in [0.05, 0.1) is 18.7 Å². The maximum absolute atomic E-state index is 11.9. The number of nitrogens with zero attached hydrogens (tertiary/aromatic N) is 3. The summed E-state index contributed by atoms with van der Waals surface area (Å²) in [4.78, 5) is 11.9. The average Bonchev–Trinajstić information content (AvgIpc) is 2.90. The summed E-state index contributed by atoms with van der Waals surface area (Å²) in [7, 11) is 0. The van der Waals surface area contributed by atoms with Crippen molar-refractivity contribution in [2.45, 2.75) is 38.8 Å². The molecule has 21 heavy (non-hydrogen) atoms. The lowest BCUT2D eigenvalue weighted by Gasteiger charge is -2.19. The van der Waals surface area contributed by atoms with Gasteiger partial charge in [-0.3, -0.25) is 4.40 Å². The Labute approximate surface area is 123 Å². The van der Waals surface area contributed by atoms with Gasteiger partial charge in [-0.1, -0.05) is 19.4 Å². The first-order valence-corrected chi connectivity index (χ1v) is 7.13. The number of hydrogen-bond donors (Lipinski definition) is 3. The van der Waals surface area contributed by atoms with Crippen molar-refractivity contribution < 1.29 is 9.90 Å². The first-order chi connectivity index (χ1) is 10.2. The van der Waals surface area contributed by atoms with Gasteiger partial charge in [-0.25, -0.2) is 4.79 Å². The van der Waals surface area contributed by atoms with Crippen LogP contribution in [0.4, 0.5) is 4.79 Å². The maximum atomic E-state index is 11.9. The standard InChI is InChI=1S/C14H21N5O2/c1-3-6-11(16-14(21)15-10(2)9-20)13-18-17-12-7-4-5-8-19(12)13/h4-5,7-8,10-11,20H,3,6,9H2,1-2H3,(H2,15,16,21)/t10-,11?/m0/s1. The Kier molecular flexibility index (Phi) is 5.10. The molecule has 0 aliphatic heterocycles. The molecule has 114 valence electrons. The lowest BCUT2D eigenvalue weighted by Crippen LogP contribution is -2.44. The molecule has 2 amide bonds. The predicted octanol–water partition coefficient (Wildman–Crippen LogP) is 1.25. The number of pyridine rings is 1. The van der Waals surface area contributed by atoms with E-state index in [1.165, 1.54) is 0 Å². The van der Waals surface area contributed by atoms with E-state index in [1.807, 2.05) is 35.7 Å². The molecule has 1 unspecified atom stereocenters. The van der Waals surface area contributed by atoms with Gasteiger partial charge in [0.25, 0.3) is 0 Å². The van der Waals surface area contributed by atoms with Crippen molar-refractivity contribution in [1.82, 2.24) is 25.2 Å². The van der Waals surface area contributed by atoms with Crippen LogP contribution in [0, 0.1) is 0 Å². The van der Waals surface area contributed by atoms with Crippen molar-refractivity contribution in [2.75, 3.05) is 6.61 Å². The van der Waals surface area contributed by atoms with Gasteiger partial charge >= 0.3 is 6.03 Å². The van der Waals surface area contributed by atoms with Gasteiger partial charge in [-0.15, -0.1) is 10.2 Å². The van der Waals surface area contributed by atoms with E-state index in [9.17, 15) is 4.79 Å². The largest absolute Gasteiger partial charge is 0.394 e. The highest BCUT2D eigenvalue weighted by molar-refractivity contribution is 5.74. The highest BCUT2D eigenvalue weighted by atomic mass is 16.3. The molecular formula is C14H21N5O2. The smallest absolute Gasteiger partial charge is 0.315 e. The van der Waals surface area contributed by atoms with E-state index in [-0.39, 0.29) is 24.7 Å². The van der Waals surface area contributed by atoms with Crippen molar-refractivity contribution in [3.63, 3.8) is 0 Å². The number of aliphatic hydroxyl groups excluding tert-OH is 1. The third-order valence-electron chi connectivity index (χ3n) is 3.19. The summed E-state index contributed by atoms with van der Waals surface area (Å²) in [5.74, 6) is 0.708. The summed E-state index contributed by atoms with van der Waals surface area (Å²) in [5.41, 5.74) is 0.750. The van der Waals surface area contributed by atoms with Crippen LogP contribution < -0.4 is 10.6 Å². The molecule has 3 N–H and O–H groups in total. The van der Waals surface area contributed by atoms with Gasteiger partial charge < -0.3 is 15.7 Å². The van der Waals surface area contributed by atoms with Crippen LogP contribution >= 0.6 is 0 Å². The molecule has 0 radical (unpaired) electrons. The van der Waals surface area contributed by atoms with Gasteiger partial charge in [0, 0.05) is 6.20 Å². The molecule has 7 nitrogen and oxygen atoms in total. The Morgan fingerprint density at radius 2 is 2.19 bits per heavy atom. The molecular weight excluding hydrogens is 270 g/mol. The summed E-state index contributed by atoms with van der Waals surface area (Å²) in [6.07, 6.45) is 3.54. The van der Waals surface area contributed by atoms with Crippen LogP contribution in [0.25, 0.3) is 5.65 Å². The number of carbonyl (C=O) groups excluding carboxylic acids is 1. The lowest BCUT2D eigenvalue weighted by atomic mass is 10.1. The van der Waals surface area contributed by atoms with E-state index in [2.05, 4.69) is 20.8 Å². The highest BCUT2D eigenvalue weighted by Crippen LogP contribution is 2.17. The number of aliphatic hydroxyl groups is 1. The summed E-state index contributed by atoms with van der Waals surface area (Å²) < 4.78 is 1.87. The second kappa shape index (κ2) is 7.03. The molecule has 2 aromatic heterocycles. The fraction of sp³-hybridized carbons (Fsp3) is 0.500. The van der Waals surface area contributed by atoms with E-state index < -0.39 is 0 Å². The number of urea groups is 1. The molecule has 2 atom stereocenters. The van der Waals surface area contributed by atoms with E-state index in [0.29, 0.717) is 5.82 Å². The van der Waals surface area contributed by atoms with Gasteiger partial charge in [0.1, 0.15) is 0 Å². The molecule has 2 rings (SSSR count). The first kappa shape index (κ1) is 15.2. The third-order valence-corrected chi connectivity index (χ3v) is 3.19. The fourth-order valence-corrected chi connectivity index (χ4v) is 2.12. The molecule has 0 aromatic carbocycles. The first-order valence-electron chi connectivity index (χ1n) is 7.13. The van der Waals surface area contributed by atoms with E-state index >= 15 is 0 Å². The Balaban J connectivity index is 2.17. The number of nitrogens with one attached hydrogen (secondary N) is 2. The van der Waals surface area contributed by atoms with Crippen molar-refractivity contribution >= 4 is 11.7 Å². The van der Waals surface area contributed by atoms with Crippen LogP contribution in [0.5, 0.6) is 0 Å². The highest BCUT2D eigenvalue weighted by Gasteiger charge is 2.20. The zero-order valence-electron chi connectivity index (χ0n) is 12.3. The van der Waals surface area contributed by atoms with E-state index in [4.69, 9.17) is 5.11 Å². The zero-order valence-corrected chi connectivity index (χ0v) is 12.3. The average molecular weight is 291 g/mol. The van der Waals surface area contributed by atoms with Gasteiger partial charge in [0.15, 0.2) is 11.5 Å². The molecule has 7 heteroatoms. The van der Waals surface area contributed by atoms with E-state index in [1.54, 1.807) is 6.92 Å². The number of hydrogen-bond acceptors (Lipinski definition) is 4. The van der Waals surface area contributed by atoms with Crippen LogP contribution in [0.1, 0.15) is 38.6 Å². The van der Waals surface area contributed by atoms with Crippen LogP contribution in [-0.2, 0) is 0 Å². The Morgan fingerprint density at radius 3 is 2.90 bits per heavy atom. The van der Waals surface area contributed by atoms with Gasteiger partial charge in [0.2, 0.25) is 0 Å². The number of carbonyl (C=O) groups is 1. The summed E-state index contributed by atoms with van der Waals surface area (Å²) in [5, 5.41) is 22.8. The van der Waals surface area contributed by atoms with E-state index in [0.717, 1.165) is 18.5 Å². The van der Waals surface area contributed by atoms with Crippen molar-refractivity contribution in [3.05, 3.63) is 30.2 Å². The molecule has 0 saturated carbocycles. The van der Waals surface area contributed by atoms with Crippen LogP contribution in [-0.4, -0.2) is 38.4 Å². The molecule has 2 aromatic rings. The minimum Gasteiger partial charge on any atom is -0.394 e. The predicted molar refractivity (Wildman–Crippen MR) is 78.9 cm³/mol.